The van der Waals surface area contributed by atoms with Crippen LogP contribution < -0.4 is 4.90 Å². The number of anilines is 1. The van der Waals surface area contributed by atoms with Crippen LogP contribution in [0.15, 0.2) is 29.4 Å². The first-order chi connectivity index (χ1) is 10.1. The molecule has 2 heterocycles. The van der Waals surface area contributed by atoms with E-state index in [4.69, 9.17) is 0 Å². The summed E-state index contributed by atoms with van der Waals surface area (Å²) in [4.78, 5) is 14.7. The summed E-state index contributed by atoms with van der Waals surface area (Å²) < 4.78 is 1.58. The van der Waals surface area contributed by atoms with Gasteiger partial charge in [-0.15, -0.1) is 5.10 Å². The molecule has 0 saturated carbocycles. The second kappa shape index (κ2) is 5.48. The largest absolute Gasteiger partial charge is 0.308 e. The zero-order valence-electron chi connectivity index (χ0n) is 12.2. The molecule has 0 aliphatic carbocycles. The number of hydrogen-bond donors (Lipinski definition) is 0. The van der Waals surface area contributed by atoms with Crippen molar-refractivity contribution in [3.63, 3.8) is 0 Å². The number of rotatable bonds is 3. The lowest BCUT2D eigenvalue weighted by Gasteiger charge is -2.25. The highest BCUT2D eigenvalue weighted by atomic mass is 32.2. The van der Waals surface area contributed by atoms with E-state index in [0.717, 1.165) is 12.1 Å². The Kier molecular flexibility index (Phi) is 3.67. The third-order valence-corrected chi connectivity index (χ3v) is 4.77. The van der Waals surface area contributed by atoms with Gasteiger partial charge >= 0.3 is 0 Å². The van der Waals surface area contributed by atoms with Crippen molar-refractivity contribution in [1.82, 2.24) is 20.2 Å². The van der Waals surface area contributed by atoms with Crippen LogP contribution in [0.2, 0.25) is 0 Å². The van der Waals surface area contributed by atoms with Crippen molar-refractivity contribution in [3.05, 3.63) is 29.8 Å². The molecule has 0 N–H and O–H groups in total. The first-order valence-corrected chi connectivity index (χ1v) is 7.76. The zero-order valence-corrected chi connectivity index (χ0v) is 13.0. The van der Waals surface area contributed by atoms with E-state index in [1.807, 2.05) is 30.0 Å². The number of hydrogen-bond acceptors (Lipinski definition) is 5. The first-order valence-electron chi connectivity index (χ1n) is 6.88. The number of tetrazole rings is 1. The Labute approximate surface area is 127 Å². The number of benzene rings is 1. The minimum atomic E-state index is -0.233. The molecule has 2 aromatic rings. The summed E-state index contributed by atoms with van der Waals surface area (Å²) in [6.45, 7) is 3.98. The summed E-state index contributed by atoms with van der Waals surface area (Å²) >= 11 is 1.38. The van der Waals surface area contributed by atoms with Crippen molar-refractivity contribution >= 4 is 23.4 Å². The number of aromatic nitrogens is 4. The molecule has 6 nitrogen and oxygen atoms in total. The lowest BCUT2D eigenvalue weighted by molar-refractivity contribution is -0.118. The van der Waals surface area contributed by atoms with E-state index in [9.17, 15) is 4.79 Å². The number of fused-ring (bicyclic) bond motifs is 1. The highest BCUT2D eigenvalue weighted by Gasteiger charge is 2.33. The third kappa shape index (κ3) is 2.53. The molecular weight excluding hydrogens is 286 g/mol. The van der Waals surface area contributed by atoms with E-state index in [-0.39, 0.29) is 17.2 Å². The van der Waals surface area contributed by atoms with Gasteiger partial charge in [0.2, 0.25) is 11.1 Å². The van der Waals surface area contributed by atoms with Crippen molar-refractivity contribution < 1.29 is 4.79 Å². The lowest BCUT2D eigenvalue weighted by Crippen LogP contribution is -2.40. The van der Waals surface area contributed by atoms with Crippen LogP contribution in [0.4, 0.5) is 5.69 Å². The topological polar surface area (TPSA) is 63.9 Å². The maximum Gasteiger partial charge on any atom is 0.240 e. The van der Waals surface area contributed by atoms with Gasteiger partial charge in [-0.3, -0.25) is 4.79 Å². The minimum Gasteiger partial charge on any atom is -0.308 e. The van der Waals surface area contributed by atoms with Gasteiger partial charge in [0.05, 0.1) is 5.25 Å². The standard InChI is InChI=1S/C14H17N5OS/c1-9-8-11-6-4-5-7-12(11)19(9)13(20)10(2)21-14-15-16-17-18(14)3/h4-7,9-10H,8H2,1-3H3/t9-,10-/m1/s1. The van der Waals surface area contributed by atoms with Crippen LogP contribution in [-0.2, 0) is 18.3 Å². The van der Waals surface area contributed by atoms with E-state index in [0.29, 0.717) is 5.16 Å². The van der Waals surface area contributed by atoms with Crippen molar-refractivity contribution in [2.75, 3.05) is 4.90 Å². The second-order valence-corrected chi connectivity index (χ2v) is 6.54. The molecule has 1 aromatic heterocycles. The normalized spacial score (nSPS) is 18.6. The van der Waals surface area contributed by atoms with Gasteiger partial charge in [0.1, 0.15) is 0 Å². The Bertz CT molecular complexity index is 671. The molecule has 1 aliphatic rings. The van der Waals surface area contributed by atoms with Crippen LogP contribution in [0.5, 0.6) is 0 Å². The SMILES string of the molecule is C[C@@H]1Cc2ccccc2N1C(=O)[C@@H](C)Sc1nnnn1C. The number of aryl methyl sites for hydroxylation is 1. The van der Waals surface area contributed by atoms with Gasteiger partial charge in [-0.2, -0.15) is 0 Å². The Balaban J connectivity index is 1.80. The number of nitrogens with zero attached hydrogens (tertiary/aromatic N) is 5. The van der Waals surface area contributed by atoms with E-state index in [1.165, 1.54) is 17.3 Å². The fourth-order valence-electron chi connectivity index (χ4n) is 2.63. The fourth-order valence-corrected chi connectivity index (χ4v) is 3.43. The lowest BCUT2D eigenvalue weighted by atomic mass is 10.1. The van der Waals surface area contributed by atoms with Gasteiger partial charge < -0.3 is 4.90 Å². The Morgan fingerprint density at radius 2 is 2.19 bits per heavy atom. The molecule has 1 amide bonds. The second-order valence-electron chi connectivity index (χ2n) is 5.24. The van der Waals surface area contributed by atoms with E-state index >= 15 is 0 Å². The Morgan fingerprint density at radius 3 is 2.90 bits per heavy atom. The van der Waals surface area contributed by atoms with Gasteiger partial charge in [0.25, 0.3) is 0 Å². The Hall–Kier alpha value is -1.89. The first kappa shape index (κ1) is 14.1. The predicted molar refractivity (Wildman–Crippen MR) is 81.2 cm³/mol. The molecule has 0 bridgehead atoms. The summed E-state index contributed by atoms with van der Waals surface area (Å²) in [6, 6.07) is 8.28. The fraction of sp³-hybridized carbons (Fsp3) is 0.429. The minimum absolute atomic E-state index is 0.0976. The van der Waals surface area contributed by atoms with Crippen LogP contribution in [-0.4, -0.2) is 37.4 Å². The summed E-state index contributed by atoms with van der Waals surface area (Å²) in [5, 5.41) is 11.7. The molecule has 0 spiro atoms. The quantitative estimate of drug-likeness (QED) is 0.807. The average Bonchev–Trinajstić information content (AvgIpc) is 3.01. The maximum absolute atomic E-state index is 12.8. The molecule has 0 saturated heterocycles. The number of thioether (sulfide) groups is 1. The molecule has 3 rings (SSSR count). The van der Waals surface area contributed by atoms with Crippen molar-refractivity contribution in [3.8, 4) is 0 Å². The number of carbonyl (C=O) groups is 1. The molecule has 7 heteroatoms. The van der Waals surface area contributed by atoms with E-state index < -0.39 is 0 Å². The molecule has 0 fully saturated rings. The van der Waals surface area contributed by atoms with Gasteiger partial charge in [0.15, 0.2) is 0 Å². The van der Waals surface area contributed by atoms with Crippen LogP contribution >= 0.6 is 11.8 Å². The Morgan fingerprint density at radius 1 is 1.43 bits per heavy atom. The molecule has 21 heavy (non-hydrogen) atoms. The number of amides is 1. The summed E-state index contributed by atoms with van der Waals surface area (Å²) in [7, 11) is 1.77. The zero-order chi connectivity index (χ0) is 15.0. The van der Waals surface area contributed by atoms with Crippen LogP contribution in [0.1, 0.15) is 19.4 Å². The molecule has 110 valence electrons. The molecule has 1 aliphatic heterocycles. The van der Waals surface area contributed by atoms with Gasteiger partial charge in [0, 0.05) is 18.8 Å². The van der Waals surface area contributed by atoms with Gasteiger partial charge in [-0.25, -0.2) is 4.68 Å². The predicted octanol–water partition coefficient (Wildman–Crippen LogP) is 1.67. The van der Waals surface area contributed by atoms with E-state index in [2.05, 4.69) is 28.5 Å². The highest BCUT2D eigenvalue weighted by molar-refractivity contribution is 8.00. The molecular formula is C14H17N5OS. The molecule has 0 radical (unpaired) electrons. The van der Waals surface area contributed by atoms with Gasteiger partial charge in [-0.1, -0.05) is 30.0 Å². The number of para-hydroxylation sites is 1. The van der Waals surface area contributed by atoms with Crippen molar-refractivity contribution in [1.29, 1.82) is 0 Å². The van der Waals surface area contributed by atoms with Crippen LogP contribution in [0, 0.1) is 0 Å². The molecule has 2 atom stereocenters. The molecule has 1 aromatic carbocycles. The maximum atomic E-state index is 12.8. The summed E-state index contributed by atoms with van der Waals surface area (Å²) in [5.41, 5.74) is 2.26. The van der Waals surface area contributed by atoms with Crippen molar-refractivity contribution in [2.24, 2.45) is 7.05 Å². The molecule has 0 unspecified atom stereocenters. The summed E-state index contributed by atoms with van der Waals surface area (Å²) in [5.74, 6) is 0.0976. The summed E-state index contributed by atoms with van der Waals surface area (Å²) in [6.07, 6.45) is 0.908. The smallest absolute Gasteiger partial charge is 0.240 e. The number of carbonyl (C=O) groups excluding carboxylic acids is 1. The average molecular weight is 303 g/mol. The van der Waals surface area contributed by atoms with E-state index in [1.54, 1.807) is 11.7 Å². The van der Waals surface area contributed by atoms with Crippen LogP contribution in [0.3, 0.4) is 0 Å². The van der Waals surface area contributed by atoms with Gasteiger partial charge in [-0.05, 0) is 42.3 Å². The van der Waals surface area contributed by atoms with Crippen molar-refractivity contribution in [2.45, 2.75) is 36.7 Å². The van der Waals surface area contributed by atoms with Crippen LogP contribution in [0.25, 0.3) is 0 Å². The highest BCUT2D eigenvalue weighted by Crippen LogP contribution is 2.34. The third-order valence-electron chi connectivity index (χ3n) is 3.66. The monoisotopic (exact) mass is 303 g/mol.